The highest BCUT2D eigenvalue weighted by molar-refractivity contribution is 5.79. The molecule has 0 spiro atoms. The standard InChI is InChI=1S/C9H7F3N2O/c1-4-5(9(10,11)12)2-3-6-7(4)14-8(13)15-6/h2-3H,1H3,(H2,13,14). The maximum Gasteiger partial charge on any atom is 0.416 e. The highest BCUT2D eigenvalue weighted by Crippen LogP contribution is 2.35. The van der Waals surface area contributed by atoms with Crippen molar-refractivity contribution >= 4 is 17.1 Å². The Morgan fingerprint density at radius 2 is 2.00 bits per heavy atom. The van der Waals surface area contributed by atoms with E-state index in [4.69, 9.17) is 10.2 Å². The molecule has 2 rings (SSSR count). The molecule has 1 aromatic carbocycles. The van der Waals surface area contributed by atoms with E-state index in [2.05, 4.69) is 4.98 Å². The molecule has 0 atom stereocenters. The van der Waals surface area contributed by atoms with E-state index < -0.39 is 11.7 Å². The second-order valence-electron chi connectivity index (χ2n) is 3.13. The van der Waals surface area contributed by atoms with Crippen LogP contribution in [0.15, 0.2) is 16.5 Å². The van der Waals surface area contributed by atoms with Crippen LogP contribution >= 0.6 is 0 Å². The van der Waals surface area contributed by atoms with Crippen molar-refractivity contribution in [3.05, 3.63) is 23.3 Å². The van der Waals surface area contributed by atoms with Gasteiger partial charge in [-0.3, -0.25) is 0 Å². The highest BCUT2D eigenvalue weighted by Gasteiger charge is 2.33. The van der Waals surface area contributed by atoms with Crippen LogP contribution in [0.1, 0.15) is 11.1 Å². The second-order valence-corrected chi connectivity index (χ2v) is 3.13. The number of oxazole rings is 1. The molecule has 2 N–H and O–H groups in total. The number of nitrogen functional groups attached to an aromatic ring is 1. The lowest BCUT2D eigenvalue weighted by Gasteiger charge is -2.09. The Morgan fingerprint density at radius 3 is 2.60 bits per heavy atom. The first-order chi connectivity index (χ1) is 6.89. The summed E-state index contributed by atoms with van der Waals surface area (Å²) in [6.07, 6.45) is -4.38. The Morgan fingerprint density at radius 1 is 1.33 bits per heavy atom. The monoisotopic (exact) mass is 216 g/mol. The molecule has 0 bridgehead atoms. The minimum Gasteiger partial charge on any atom is -0.424 e. The molecule has 0 fully saturated rings. The lowest BCUT2D eigenvalue weighted by Crippen LogP contribution is -2.07. The number of rotatable bonds is 0. The zero-order valence-corrected chi connectivity index (χ0v) is 7.72. The van der Waals surface area contributed by atoms with Crippen molar-refractivity contribution in [1.29, 1.82) is 0 Å². The third-order valence-corrected chi connectivity index (χ3v) is 2.14. The van der Waals surface area contributed by atoms with Crippen LogP contribution in [0.5, 0.6) is 0 Å². The molecule has 0 saturated carbocycles. The van der Waals surface area contributed by atoms with Gasteiger partial charge in [-0.2, -0.15) is 18.2 Å². The van der Waals surface area contributed by atoms with Crippen LogP contribution in [0.4, 0.5) is 19.2 Å². The summed E-state index contributed by atoms with van der Waals surface area (Å²) in [5, 5.41) is 0. The number of benzene rings is 1. The molecule has 0 aliphatic carbocycles. The summed E-state index contributed by atoms with van der Waals surface area (Å²) in [6.45, 7) is 1.34. The Bertz CT molecular complexity index is 516. The molecule has 6 heteroatoms. The van der Waals surface area contributed by atoms with Gasteiger partial charge in [-0.25, -0.2) is 0 Å². The molecule has 80 valence electrons. The van der Waals surface area contributed by atoms with Crippen molar-refractivity contribution in [1.82, 2.24) is 4.98 Å². The van der Waals surface area contributed by atoms with Crippen LogP contribution < -0.4 is 5.73 Å². The molecule has 15 heavy (non-hydrogen) atoms. The van der Waals surface area contributed by atoms with Crippen molar-refractivity contribution in [3.8, 4) is 0 Å². The Hall–Kier alpha value is -1.72. The summed E-state index contributed by atoms with van der Waals surface area (Å²) in [5.74, 6) is 0. The van der Waals surface area contributed by atoms with Crippen LogP contribution in [0.25, 0.3) is 11.1 Å². The van der Waals surface area contributed by atoms with Gasteiger partial charge in [0.1, 0.15) is 5.52 Å². The predicted octanol–water partition coefficient (Wildman–Crippen LogP) is 2.74. The van der Waals surface area contributed by atoms with Gasteiger partial charge < -0.3 is 10.2 Å². The van der Waals surface area contributed by atoms with Crippen LogP contribution in [-0.2, 0) is 6.18 Å². The van der Waals surface area contributed by atoms with E-state index in [-0.39, 0.29) is 22.7 Å². The van der Waals surface area contributed by atoms with E-state index in [9.17, 15) is 13.2 Å². The van der Waals surface area contributed by atoms with Gasteiger partial charge in [-0.05, 0) is 24.6 Å². The van der Waals surface area contributed by atoms with E-state index >= 15 is 0 Å². The number of aryl methyl sites for hydroxylation is 1. The first-order valence-corrected chi connectivity index (χ1v) is 4.12. The molecule has 1 heterocycles. The van der Waals surface area contributed by atoms with Gasteiger partial charge in [-0.1, -0.05) is 0 Å². The summed E-state index contributed by atoms with van der Waals surface area (Å²) < 4.78 is 42.4. The lowest BCUT2D eigenvalue weighted by molar-refractivity contribution is -0.137. The predicted molar refractivity (Wildman–Crippen MR) is 48.2 cm³/mol. The molecule has 1 aromatic heterocycles. The zero-order chi connectivity index (χ0) is 11.2. The zero-order valence-electron chi connectivity index (χ0n) is 7.72. The maximum absolute atomic E-state index is 12.5. The lowest BCUT2D eigenvalue weighted by atomic mass is 10.1. The average Bonchev–Trinajstić information content (AvgIpc) is 2.44. The Kier molecular flexibility index (Phi) is 1.89. The molecule has 0 radical (unpaired) electrons. The summed E-state index contributed by atoms with van der Waals surface area (Å²) in [5.41, 5.74) is 4.99. The van der Waals surface area contributed by atoms with Crippen LogP contribution in [-0.4, -0.2) is 4.98 Å². The third-order valence-electron chi connectivity index (χ3n) is 2.14. The fraction of sp³-hybridized carbons (Fsp3) is 0.222. The number of nitrogens with two attached hydrogens (primary N) is 1. The van der Waals surface area contributed by atoms with Crippen molar-refractivity contribution in [2.45, 2.75) is 13.1 Å². The third kappa shape index (κ3) is 1.51. The maximum atomic E-state index is 12.5. The van der Waals surface area contributed by atoms with E-state index in [1.165, 1.54) is 13.0 Å². The summed E-state index contributed by atoms with van der Waals surface area (Å²) in [4.78, 5) is 3.70. The quantitative estimate of drug-likeness (QED) is 0.736. The Labute approximate surface area is 82.7 Å². The molecule has 0 aliphatic heterocycles. The first-order valence-electron chi connectivity index (χ1n) is 4.12. The number of alkyl halides is 3. The normalized spacial score (nSPS) is 12.3. The number of anilines is 1. The van der Waals surface area contributed by atoms with Gasteiger partial charge in [0, 0.05) is 0 Å². The fourth-order valence-electron chi connectivity index (χ4n) is 1.45. The smallest absolute Gasteiger partial charge is 0.416 e. The molecule has 0 saturated heterocycles. The number of nitrogens with zero attached hydrogens (tertiary/aromatic N) is 1. The summed E-state index contributed by atoms with van der Waals surface area (Å²) in [7, 11) is 0. The van der Waals surface area contributed by atoms with E-state index in [0.29, 0.717) is 0 Å². The fourth-order valence-corrected chi connectivity index (χ4v) is 1.45. The molecular formula is C9H7F3N2O. The molecule has 0 amide bonds. The number of halogens is 3. The van der Waals surface area contributed by atoms with Crippen LogP contribution in [0.2, 0.25) is 0 Å². The average molecular weight is 216 g/mol. The van der Waals surface area contributed by atoms with E-state index in [1.807, 2.05) is 0 Å². The van der Waals surface area contributed by atoms with Crippen molar-refractivity contribution in [2.24, 2.45) is 0 Å². The van der Waals surface area contributed by atoms with Crippen LogP contribution in [0, 0.1) is 6.92 Å². The highest BCUT2D eigenvalue weighted by atomic mass is 19.4. The number of hydrogen-bond donors (Lipinski definition) is 1. The van der Waals surface area contributed by atoms with E-state index in [1.54, 1.807) is 0 Å². The summed E-state index contributed by atoms with van der Waals surface area (Å²) >= 11 is 0. The van der Waals surface area contributed by atoms with Gasteiger partial charge in [0.25, 0.3) is 6.01 Å². The number of fused-ring (bicyclic) bond motifs is 1. The minimum absolute atomic E-state index is 0.0282. The molecule has 0 aliphatic rings. The topological polar surface area (TPSA) is 52.0 Å². The second kappa shape index (κ2) is 2.88. The SMILES string of the molecule is Cc1c(C(F)(F)F)ccc2oc(N)nc12. The molecule has 2 aromatic rings. The summed E-state index contributed by atoms with van der Waals surface area (Å²) in [6, 6.07) is 2.05. The van der Waals surface area contributed by atoms with Gasteiger partial charge in [0.15, 0.2) is 5.58 Å². The van der Waals surface area contributed by atoms with Crippen molar-refractivity contribution in [3.63, 3.8) is 0 Å². The molecule has 3 nitrogen and oxygen atoms in total. The van der Waals surface area contributed by atoms with Gasteiger partial charge in [0.05, 0.1) is 5.56 Å². The molecular weight excluding hydrogens is 209 g/mol. The van der Waals surface area contributed by atoms with Gasteiger partial charge in [-0.15, -0.1) is 0 Å². The number of hydrogen-bond acceptors (Lipinski definition) is 3. The first kappa shape index (κ1) is 9.82. The van der Waals surface area contributed by atoms with Gasteiger partial charge >= 0.3 is 6.18 Å². The van der Waals surface area contributed by atoms with Crippen molar-refractivity contribution < 1.29 is 17.6 Å². The largest absolute Gasteiger partial charge is 0.424 e. The molecule has 0 unspecified atom stereocenters. The minimum atomic E-state index is -4.38. The van der Waals surface area contributed by atoms with E-state index in [0.717, 1.165) is 6.07 Å². The van der Waals surface area contributed by atoms with Crippen molar-refractivity contribution in [2.75, 3.05) is 5.73 Å². The Balaban J connectivity index is 2.75. The van der Waals surface area contributed by atoms with Crippen LogP contribution in [0.3, 0.4) is 0 Å². The van der Waals surface area contributed by atoms with Gasteiger partial charge in [0.2, 0.25) is 0 Å². The number of aromatic nitrogens is 1.